The lowest BCUT2D eigenvalue weighted by atomic mass is 9.89. The highest BCUT2D eigenvalue weighted by molar-refractivity contribution is 7.19. The molecule has 0 aliphatic carbocycles. The summed E-state index contributed by atoms with van der Waals surface area (Å²) in [6, 6.07) is 0.524. The van der Waals surface area contributed by atoms with Crippen LogP contribution in [0.1, 0.15) is 78.5 Å². The summed E-state index contributed by atoms with van der Waals surface area (Å²) in [6.07, 6.45) is 7.92. The molecule has 3 aliphatic heterocycles. The molecule has 8 nitrogen and oxygen atoms in total. The Morgan fingerprint density at radius 1 is 1.10 bits per heavy atom. The van der Waals surface area contributed by atoms with E-state index < -0.39 is 0 Å². The molecule has 40 heavy (non-hydrogen) atoms. The van der Waals surface area contributed by atoms with Crippen molar-refractivity contribution in [1.82, 2.24) is 29.4 Å². The largest absolute Gasteiger partial charge is 0.365 e. The number of piperidine rings is 1. The van der Waals surface area contributed by atoms with Gasteiger partial charge in [0.1, 0.15) is 17.3 Å². The van der Waals surface area contributed by atoms with Crippen LogP contribution in [0.2, 0.25) is 0 Å². The van der Waals surface area contributed by atoms with Gasteiger partial charge in [-0.2, -0.15) is 5.10 Å². The number of ether oxygens (including phenoxy) is 1. The molecule has 0 saturated carbocycles. The van der Waals surface area contributed by atoms with Gasteiger partial charge in [-0.3, -0.25) is 9.69 Å². The fourth-order valence-corrected chi connectivity index (χ4v) is 8.81. The lowest BCUT2D eigenvalue weighted by molar-refractivity contribution is -0.152. The van der Waals surface area contributed by atoms with Gasteiger partial charge in [-0.05, 0) is 87.1 Å². The Bertz CT molecular complexity index is 1590. The minimum Gasteiger partial charge on any atom is -0.365 e. The van der Waals surface area contributed by atoms with Crippen LogP contribution in [0.25, 0.3) is 27.1 Å². The lowest BCUT2D eigenvalue weighted by Gasteiger charge is -2.38. The number of pyridine rings is 1. The van der Waals surface area contributed by atoms with Gasteiger partial charge in [0.2, 0.25) is 0 Å². The van der Waals surface area contributed by atoms with Crippen LogP contribution >= 0.6 is 11.3 Å². The summed E-state index contributed by atoms with van der Waals surface area (Å²) in [7, 11) is 0. The van der Waals surface area contributed by atoms with E-state index in [1.54, 1.807) is 6.33 Å². The molecule has 1 N–H and O–H groups in total. The van der Waals surface area contributed by atoms with E-state index in [0.29, 0.717) is 24.5 Å². The third-order valence-electron chi connectivity index (χ3n) is 9.78. The number of aromatic amines is 1. The van der Waals surface area contributed by atoms with Crippen LogP contribution in [0, 0.1) is 20.8 Å². The molecule has 0 unspecified atom stereocenters. The third kappa shape index (κ3) is 4.11. The highest BCUT2D eigenvalue weighted by atomic mass is 32.1. The number of aryl methyl sites for hydroxylation is 2. The van der Waals surface area contributed by atoms with E-state index in [4.69, 9.17) is 4.74 Å². The molecule has 7 heterocycles. The van der Waals surface area contributed by atoms with Crippen LogP contribution < -0.4 is 0 Å². The molecule has 0 spiro atoms. The maximum atomic E-state index is 13.3. The Hall–Kier alpha value is -2.75. The molecule has 212 valence electrons. The fraction of sp³-hybridized carbons (Fsp3) is 0.581. The third-order valence-corrected chi connectivity index (χ3v) is 11.1. The summed E-state index contributed by atoms with van der Waals surface area (Å²) in [5, 5.41) is 5.82. The molecular weight excluding hydrogens is 520 g/mol. The van der Waals surface area contributed by atoms with Crippen LogP contribution in [0.4, 0.5) is 0 Å². The van der Waals surface area contributed by atoms with Crippen molar-refractivity contribution in [2.45, 2.75) is 84.3 Å². The number of fused-ring (bicyclic) bond motifs is 3. The zero-order valence-corrected chi connectivity index (χ0v) is 25.1. The van der Waals surface area contributed by atoms with Gasteiger partial charge in [0.25, 0.3) is 5.91 Å². The summed E-state index contributed by atoms with van der Waals surface area (Å²) >= 11 is 1.92. The molecule has 3 saturated heterocycles. The maximum Gasteiger partial charge on any atom is 0.253 e. The predicted octanol–water partition coefficient (Wildman–Crippen LogP) is 5.56. The van der Waals surface area contributed by atoms with Crippen LogP contribution in [0.5, 0.6) is 0 Å². The summed E-state index contributed by atoms with van der Waals surface area (Å²) in [4.78, 5) is 28.9. The smallest absolute Gasteiger partial charge is 0.253 e. The Kier molecular flexibility index (Phi) is 6.52. The maximum absolute atomic E-state index is 13.3. The van der Waals surface area contributed by atoms with Gasteiger partial charge in [0.15, 0.2) is 5.65 Å². The molecular formula is C31H40N6O2S. The molecule has 3 aliphatic rings. The van der Waals surface area contributed by atoms with Crippen molar-refractivity contribution >= 4 is 33.1 Å². The van der Waals surface area contributed by atoms with Crippen molar-refractivity contribution in [3.05, 3.63) is 39.7 Å². The first-order valence-corrected chi connectivity index (χ1v) is 15.7. The van der Waals surface area contributed by atoms with Crippen LogP contribution in [-0.2, 0) is 9.53 Å². The summed E-state index contributed by atoms with van der Waals surface area (Å²) in [5.41, 5.74) is 8.52. The normalized spacial score (nSPS) is 22.7. The number of carbonyl (C=O) groups is 1. The fourth-order valence-electron chi connectivity index (χ4n) is 7.41. The topological polar surface area (TPSA) is 78.8 Å². The molecule has 9 heteroatoms. The van der Waals surface area contributed by atoms with Gasteiger partial charge in [-0.1, -0.05) is 13.8 Å². The van der Waals surface area contributed by atoms with Gasteiger partial charge in [0.05, 0.1) is 12.3 Å². The molecule has 0 radical (unpaired) electrons. The molecule has 1 amide bonds. The van der Waals surface area contributed by atoms with Gasteiger partial charge in [-0.25, -0.2) is 9.50 Å². The van der Waals surface area contributed by atoms with Crippen molar-refractivity contribution in [2.24, 2.45) is 0 Å². The van der Waals surface area contributed by atoms with Gasteiger partial charge in [0, 0.05) is 47.7 Å². The van der Waals surface area contributed by atoms with Crippen molar-refractivity contribution in [3.8, 4) is 11.3 Å². The number of carbonyl (C=O) groups excluding carboxylic acids is 1. The number of nitrogens with one attached hydrogen (secondary N) is 1. The highest BCUT2D eigenvalue weighted by Crippen LogP contribution is 2.46. The van der Waals surface area contributed by atoms with Crippen LogP contribution in [-0.4, -0.2) is 80.2 Å². The number of H-pyrrole nitrogens is 1. The number of morpholine rings is 1. The van der Waals surface area contributed by atoms with Crippen molar-refractivity contribution in [2.75, 3.05) is 32.8 Å². The first kappa shape index (κ1) is 26.2. The van der Waals surface area contributed by atoms with Crippen molar-refractivity contribution in [3.63, 3.8) is 0 Å². The Morgan fingerprint density at radius 3 is 2.67 bits per heavy atom. The van der Waals surface area contributed by atoms with Gasteiger partial charge in [-0.15, -0.1) is 11.3 Å². The zero-order chi connectivity index (χ0) is 27.7. The Balaban J connectivity index is 1.14. The Labute approximate surface area is 239 Å². The molecule has 4 aromatic heterocycles. The predicted molar refractivity (Wildman–Crippen MR) is 159 cm³/mol. The van der Waals surface area contributed by atoms with E-state index >= 15 is 0 Å². The van der Waals surface area contributed by atoms with E-state index in [1.807, 2.05) is 15.9 Å². The zero-order valence-electron chi connectivity index (χ0n) is 24.3. The standard InChI is InChI=1S/C31H40N6O2S/c1-17(2)25-26-20(5)28(40-30(26)34-27(25)23-13-37-29(32-16-33-37)19(4)18(23)3)21-8-11-35(12-9-21)31(38)24-14-36-10-6-7-22(36)15-39-24/h13,16-17,21-22,24,34H,6-12,14-15H2,1-5H3/t22-,24+/m0/s1. The number of thiophene rings is 1. The monoisotopic (exact) mass is 560 g/mol. The van der Waals surface area contributed by atoms with Crippen molar-refractivity contribution < 1.29 is 9.53 Å². The molecule has 3 fully saturated rings. The molecule has 0 aromatic carbocycles. The van der Waals surface area contributed by atoms with E-state index in [1.165, 1.54) is 61.4 Å². The Morgan fingerprint density at radius 2 is 1.90 bits per heavy atom. The number of aromatic nitrogens is 4. The van der Waals surface area contributed by atoms with Crippen LogP contribution in [0.15, 0.2) is 12.5 Å². The van der Waals surface area contributed by atoms with Crippen molar-refractivity contribution in [1.29, 1.82) is 0 Å². The summed E-state index contributed by atoms with van der Waals surface area (Å²) < 4.78 is 7.94. The average Bonchev–Trinajstić information content (AvgIpc) is 3.74. The molecule has 2 atom stereocenters. The average molecular weight is 561 g/mol. The van der Waals surface area contributed by atoms with E-state index in [0.717, 1.165) is 44.7 Å². The second kappa shape index (κ2) is 9.96. The first-order valence-electron chi connectivity index (χ1n) is 14.9. The number of hydrogen-bond acceptors (Lipinski definition) is 6. The second-order valence-electron chi connectivity index (χ2n) is 12.4. The summed E-state index contributed by atoms with van der Waals surface area (Å²) in [6.45, 7) is 15.4. The molecule has 0 bridgehead atoms. The quantitative estimate of drug-likeness (QED) is 0.354. The minimum atomic E-state index is -0.289. The molecule has 7 rings (SSSR count). The second-order valence-corrected chi connectivity index (χ2v) is 13.4. The SMILES string of the molecule is Cc1c(-c2[nH]c3sc(C4CCN(C(=O)[C@H]5CN6CCC[C@H]6CO5)CC4)c(C)c3c2C(C)C)cn2ncnc2c1C. The van der Waals surface area contributed by atoms with Gasteiger partial charge >= 0.3 is 0 Å². The van der Waals surface area contributed by atoms with E-state index in [9.17, 15) is 4.79 Å². The summed E-state index contributed by atoms with van der Waals surface area (Å²) in [5.74, 6) is 1.06. The van der Waals surface area contributed by atoms with E-state index in [-0.39, 0.29) is 12.0 Å². The number of amides is 1. The number of nitrogens with zero attached hydrogens (tertiary/aromatic N) is 5. The lowest BCUT2D eigenvalue weighted by Crippen LogP contribution is -2.54. The number of hydrogen-bond donors (Lipinski definition) is 1. The minimum absolute atomic E-state index is 0.195. The van der Waals surface area contributed by atoms with Crippen LogP contribution in [0.3, 0.4) is 0 Å². The van der Waals surface area contributed by atoms with E-state index in [2.05, 4.69) is 65.7 Å². The first-order chi connectivity index (χ1) is 19.3. The highest BCUT2D eigenvalue weighted by Gasteiger charge is 2.38. The number of likely N-dealkylation sites (tertiary alicyclic amines) is 1. The van der Waals surface area contributed by atoms with Gasteiger partial charge < -0.3 is 14.6 Å². The molecule has 4 aromatic rings. The number of rotatable bonds is 4.